The van der Waals surface area contributed by atoms with Gasteiger partial charge in [-0.25, -0.2) is 0 Å². The molecule has 1 fully saturated rings. The smallest absolute Gasteiger partial charge is 0.313 e. The van der Waals surface area contributed by atoms with Gasteiger partial charge in [0.05, 0.1) is 12.6 Å². The van der Waals surface area contributed by atoms with Crippen LogP contribution in [0.2, 0.25) is 0 Å². The number of benzene rings is 2. The number of hydrogen-bond donors (Lipinski definition) is 0. The van der Waals surface area contributed by atoms with Crippen molar-refractivity contribution in [2.75, 3.05) is 26.3 Å². The summed E-state index contributed by atoms with van der Waals surface area (Å²) < 4.78 is 25.4. The molecule has 1 aliphatic heterocycles. The summed E-state index contributed by atoms with van der Waals surface area (Å²) in [4.78, 5) is 14.4. The Morgan fingerprint density at radius 2 is 1.91 bits per heavy atom. The van der Waals surface area contributed by atoms with Gasteiger partial charge in [0.1, 0.15) is 17.6 Å². The summed E-state index contributed by atoms with van der Waals surface area (Å²) in [5.74, 6) is 1.03. The maximum absolute atomic E-state index is 12.5. The van der Waals surface area contributed by atoms with Gasteiger partial charge < -0.3 is 9.47 Å². The van der Waals surface area contributed by atoms with Crippen molar-refractivity contribution in [2.45, 2.75) is 52.1 Å². The van der Waals surface area contributed by atoms with Crippen LogP contribution >= 0.6 is 15.9 Å². The van der Waals surface area contributed by atoms with Gasteiger partial charge in [-0.15, -0.1) is 0 Å². The van der Waals surface area contributed by atoms with Gasteiger partial charge in [-0.1, -0.05) is 48.0 Å². The molecule has 1 saturated heterocycles. The summed E-state index contributed by atoms with van der Waals surface area (Å²) in [6.45, 7) is 6.02. The SMILES string of the molecule is CC(C)C(=O)Oc1ccc2c(c1)C(c1ccc(O[C@H]3CCN(CCCF)C3)cc1)=C(Br)CCC2. The Balaban J connectivity index is 1.53. The topological polar surface area (TPSA) is 38.8 Å². The molecule has 4 nitrogen and oxygen atoms in total. The van der Waals surface area contributed by atoms with E-state index in [1.54, 1.807) is 0 Å². The van der Waals surface area contributed by atoms with E-state index in [2.05, 4.69) is 39.0 Å². The molecule has 2 aromatic rings. The zero-order valence-corrected chi connectivity index (χ0v) is 21.6. The van der Waals surface area contributed by atoms with Crippen molar-refractivity contribution in [1.29, 1.82) is 0 Å². The largest absolute Gasteiger partial charge is 0.489 e. The third kappa shape index (κ3) is 6.08. The van der Waals surface area contributed by atoms with Crippen molar-refractivity contribution in [3.8, 4) is 11.5 Å². The number of fused-ring (bicyclic) bond motifs is 1. The molecular weight excluding hydrogens is 497 g/mol. The van der Waals surface area contributed by atoms with Gasteiger partial charge in [0, 0.05) is 24.1 Å². The standard InChI is InChI=1S/C28H33BrFNO3/c1-19(2)28(32)34-23-12-7-20-5-3-6-26(29)27(25(20)17-23)21-8-10-22(11-9-21)33-24-13-16-31(18-24)15-4-14-30/h7-12,17,19,24H,3-6,13-16,18H2,1-2H3/t24-/m0/s1. The maximum atomic E-state index is 12.5. The second-order valence-electron chi connectivity index (χ2n) is 9.42. The van der Waals surface area contributed by atoms with Gasteiger partial charge in [-0.05, 0) is 78.6 Å². The molecule has 6 heteroatoms. The predicted molar refractivity (Wildman–Crippen MR) is 137 cm³/mol. The minimum Gasteiger partial charge on any atom is -0.489 e. The molecule has 0 radical (unpaired) electrons. The average molecular weight is 530 g/mol. The zero-order valence-electron chi connectivity index (χ0n) is 20.0. The summed E-state index contributed by atoms with van der Waals surface area (Å²) in [7, 11) is 0. The fourth-order valence-electron chi connectivity index (χ4n) is 4.59. The fraction of sp³-hybridized carbons (Fsp3) is 0.464. The fourth-order valence-corrected chi connectivity index (χ4v) is 5.32. The van der Waals surface area contributed by atoms with Crippen LogP contribution in [0.25, 0.3) is 5.57 Å². The lowest BCUT2D eigenvalue weighted by molar-refractivity contribution is -0.137. The van der Waals surface area contributed by atoms with E-state index in [4.69, 9.17) is 9.47 Å². The van der Waals surface area contributed by atoms with E-state index in [9.17, 15) is 9.18 Å². The highest BCUT2D eigenvalue weighted by Crippen LogP contribution is 2.39. The van der Waals surface area contributed by atoms with Crippen molar-refractivity contribution in [1.82, 2.24) is 4.90 Å². The Hall–Kier alpha value is -2.18. The van der Waals surface area contributed by atoms with E-state index >= 15 is 0 Å². The van der Waals surface area contributed by atoms with Gasteiger partial charge in [-0.3, -0.25) is 14.1 Å². The Labute approximate surface area is 210 Å². The lowest BCUT2D eigenvalue weighted by Gasteiger charge is -2.18. The van der Waals surface area contributed by atoms with Gasteiger partial charge in [0.15, 0.2) is 0 Å². The zero-order chi connectivity index (χ0) is 24.1. The molecule has 0 spiro atoms. The first-order valence-corrected chi connectivity index (χ1v) is 13.0. The molecule has 4 rings (SSSR count). The number of halogens is 2. The summed E-state index contributed by atoms with van der Waals surface area (Å²) in [5, 5.41) is 0. The van der Waals surface area contributed by atoms with Crippen LogP contribution < -0.4 is 9.47 Å². The molecule has 0 unspecified atom stereocenters. The molecule has 0 N–H and O–H groups in total. The van der Waals surface area contributed by atoms with Crippen LogP contribution in [0.5, 0.6) is 11.5 Å². The number of likely N-dealkylation sites (tertiary alicyclic amines) is 1. The maximum Gasteiger partial charge on any atom is 0.313 e. The molecule has 0 aromatic heterocycles. The molecule has 0 saturated carbocycles. The molecule has 1 heterocycles. The van der Waals surface area contributed by atoms with Gasteiger partial charge >= 0.3 is 5.97 Å². The number of alkyl halides is 1. The van der Waals surface area contributed by atoms with Gasteiger partial charge in [0.25, 0.3) is 0 Å². The molecule has 1 atom stereocenters. The Morgan fingerprint density at radius 3 is 2.65 bits per heavy atom. The minimum atomic E-state index is -0.264. The molecule has 1 aliphatic carbocycles. The van der Waals surface area contributed by atoms with Crippen LogP contribution in [0.1, 0.15) is 56.2 Å². The number of allylic oxidation sites excluding steroid dienone is 1. The van der Waals surface area contributed by atoms with Crippen LogP contribution in [-0.2, 0) is 11.2 Å². The monoisotopic (exact) mass is 529 g/mol. The quantitative estimate of drug-likeness (QED) is 0.287. The number of aryl methyl sites for hydroxylation is 1. The Kier molecular flexibility index (Phi) is 8.43. The van der Waals surface area contributed by atoms with Gasteiger partial charge in [0.2, 0.25) is 0 Å². The predicted octanol–water partition coefficient (Wildman–Crippen LogP) is 6.55. The Bertz CT molecular complexity index is 1030. The van der Waals surface area contributed by atoms with Crippen LogP contribution in [0.4, 0.5) is 4.39 Å². The first kappa shape index (κ1) is 24.9. The molecule has 182 valence electrons. The molecule has 0 bridgehead atoms. The highest BCUT2D eigenvalue weighted by molar-refractivity contribution is 9.11. The number of hydrogen-bond acceptors (Lipinski definition) is 4. The Morgan fingerprint density at radius 1 is 1.15 bits per heavy atom. The lowest BCUT2D eigenvalue weighted by atomic mass is 9.93. The van der Waals surface area contributed by atoms with Gasteiger partial charge in [-0.2, -0.15) is 0 Å². The molecular formula is C28H33BrFNO3. The van der Waals surface area contributed by atoms with E-state index in [0.717, 1.165) is 72.2 Å². The number of rotatable bonds is 8. The van der Waals surface area contributed by atoms with Crippen molar-refractivity contribution in [2.24, 2.45) is 5.92 Å². The summed E-state index contributed by atoms with van der Waals surface area (Å²) in [6.07, 6.45) is 4.70. The average Bonchev–Trinajstić information content (AvgIpc) is 3.20. The van der Waals surface area contributed by atoms with E-state index in [-0.39, 0.29) is 24.7 Å². The van der Waals surface area contributed by atoms with Crippen LogP contribution in [0.3, 0.4) is 0 Å². The highest BCUT2D eigenvalue weighted by Gasteiger charge is 2.24. The number of ether oxygens (including phenoxy) is 2. The van der Waals surface area contributed by atoms with E-state index in [1.165, 1.54) is 5.56 Å². The lowest BCUT2D eigenvalue weighted by Crippen LogP contribution is -2.26. The highest BCUT2D eigenvalue weighted by atomic mass is 79.9. The molecule has 2 aliphatic rings. The van der Waals surface area contributed by atoms with Crippen molar-refractivity contribution in [3.63, 3.8) is 0 Å². The van der Waals surface area contributed by atoms with E-state index in [0.29, 0.717) is 12.2 Å². The minimum absolute atomic E-state index is 0.147. The van der Waals surface area contributed by atoms with Crippen molar-refractivity contribution >= 4 is 27.5 Å². The van der Waals surface area contributed by atoms with Crippen molar-refractivity contribution in [3.05, 3.63) is 63.6 Å². The number of carbonyl (C=O) groups excluding carboxylic acids is 1. The van der Waals surface area contributed by atoms with E-state index in [1.807, 2.05) is 38.1 Å². The molecule has 0 amide bonds. The molecule has 34 heavy (non-hydrogen) atoms. The van der Waals surface area contributed by atoms with Crippen LogP contribution in [-0.4, -0.2) is 43.3 Å². The summed E-state index contributed by atoms with van der Waals surface area (Å²) in [5.41, 5.74) is 4.60. The normalized spacial score (nSPS) is 18.7. The number of esters is 1. The van der Waals surface area contributed by atoms with E-state index < -0.39 is 0 Å². The van der Waals surface area contributed by atoms with Crippen LogP contribution in [0, 0.1) is 5.92 Å². The number of carbonyl (C=O) groups is 1. The second-order valence-corrected chi connectivity index (χ2v) is 10.4. The third-order valence-corrected chi connectivity index (χ3v) is 7.23. The summed E-state index contributed by atoms with van der Waals surface area (Å²) in [6, 6.07) is 14.2. The third-order valence-electron chi connectivity index (χ3n) is 6.44. The molecule has 2 aromatic carbocycles. The first-order valence-electron chi connectivity index (χ1n) is 12.2. The second kappa shape index (κ2) is 11.5. The van der Waals surface area contributed by atoms with Crippen molar-refractivity contribution < 1.29 is 18.7 Å². The van der Waals surface area contributed by atoms with Crippen LogP contribution in [0.15, 0.2) is 46.9 Å². The first-order chi connectivity index (χ1) is 16.4. The number of nitrogens with zero attached hydrogens (tertiary/aromatic N) is 1. The summed E-state index contributed by atoms with van der Waals surface area (Å²) >= 11 is 3.84.